The maximum Gasteiger partial charge on any atom is 0.255 e. The Hall–Kier alpha value is -2.95. The zero-order valence-electron chi connectivity index (χ0n) is 16.0. The number of nitrogens with one attached hydrogen (secondary N) is 1. The number of nitrogens with zero attached hydrogens (tertiary/aromatic N) is 2. The molecule has 0 saturated heterocycles. The van der Waals surface area contributed by atoms with Gasteiger partial charge in [-0.05, 0) is 47.4 Å². The van der Waals surface area contributed by atoms with Crippen LogP contribution in [0.2, 0.25) is 0 Å². The number of benzene rings is 2. The second-order valence-electron chi connectivity index (χ2n) is 7.10. The third kappa shape index (κ3) is 4.91. The number of hydrogen-bond donors (Lipinski definition) is 1. The molecule has 1 aromatic heterocycles. The summed E-state index contributed by atoms with van der Waals surface area (Å²) in [6.45, 7) is 2.42. The van der Waals surface area contributed by atoms with Crippen molar-refractivity contribution >= 4 is 29.3 Å². The summed E-state index contributed by atoms with van der Waals surface area (Å²) >= 11 is 6.50. The van der Waals surface area contributed by atoms with Crippen LogP contribution < -0.4 is 5.32 Å². The van der Waals surface area contributed by atoms with Gasteiger partial charge in [0.2, 0.25) is 0 Å². The zero-order valence-corrected chi connectivity index (χ0v) is 16.8. The summed E-state index contributed by atoms with van der Waals surface area (Å²) in [6, 6.07) is 19.6. The minimum atomic E-state index is -0.114. The van der Waals surface area contributed by atoms with Crippen LogP contribution in [0.3, 0.4) is 0 Å². The molecule has 2 heterocycles. The predicted molar refractivity (Wildman–Crippen MR) is 118 cm³/mol. The van der Waals surface area contributed by atoms with Gasteiger partial charge in [-0.2, -0.15) is 0 Å². The number of hydrogen-bond acceptors (Lipinski definition) is 3. The van der Waals surface area contributed by atoms with Crippen molar-refractivity contribution in [3.05, 3.63) is 100 Å². The van der Waals surface area contributed by atoms with E-state index < -0.39 is 0 Å². The van der Waals surface area contributed by atoms with Crippen LogP contribution in [0.25, 0.3) is 6.08 Å². The van der Waals surface area contributed by atoms with Crippen LogP contribution in [0, 0.1) is 0 Å². The molecule has 1 aliphatic heterocycles. The van der Waals surface area contributed by atoms with Crippen molar-refractivity contribution < 1.29 is 4.79 Å². The van der Waals surface area contributed by atoms with Gasteiger partial charge in [0.15, 0.2) is 0 Å². The van der Waals surface area contributed by atoms with Crippen LogP contribution in [0.1, 0.15) is 27.0 Å². The van der Waals surface area contributed by atoms with Crippen LogP contribution in [0.5, 0.6) is 0 Å². The first-order valence-corrected chi connectivity index (χ1v) is 10.0. The summed E-state index contributed by atoms with van der Waals surface area (Å²) < 4.78 is 0. The normalized spacial score (nSPS) is 14.3. The summed E-state index contributed by atoms with van der Waals surface area (Å²) in [5.74, 6) is -0.114. The van der Waals surface area contributed by atoms with Crippen molar-refractivity contribution in [2.75, 3.05) is 18.4 Å². The first-order valence-electron chi connectivity index (χ1n) is 9.64. The Morgan fingerprint density at radius 3 is 2.66 bits per heavy atom. The van der Waals surface area contributed by atoms with Gasteiger partial charge in [0, 0.05) is 48.3 Å². The molecule has 0 fully saturated rings. The van der Waals surface area contributed by atoms with Gasteiger partial charge in [0.05, 0.1) is 0 Å². The number of fused-ring (bicyclic) bond motifs is 1. The van der Waals surface area contributed by atoms with Crippen LogP contribution in [0.4, 0.5) is 5.69 Å². The molecule has 3 aromatic rings. The predicted octanol–water partition coefficient (Wildman–Crippen LogP) is 4.97. The van der Waals surface area contributed by atoms with Gasteiger partial charge in [-0.15, -0.1) is 0 Å². The molecule has 0 atom stereocenters. The molecule has 0 saturated carbocycles. The van der Waals surface area contributed by atoms with E-state index in [1.807, 2.05) is 48.5 Å². The Labute approximate surface area is 175 Å². The number of halogens is 1. The Balaban J connectivity index is 1.44. The molecule has 2 aromatic carbocycles. The van der Waals surface area contributed by atoms with Crippen LogP contribution >= 0.6 is 11.6 Å². The number of anilines is 1. The quantitative estimate of drug-likeness (QED) is 0.654. The number of carbonyl (C=O) groups excluding carboxylic acids is 1. The molecule has 29 heavy (non-hydrogen) atoms. The van der Waals surface area contributed by atoms with E-state index in [9.17, 15) is 4.79 Å². The Kier molecular flexibility index (Phi) is 6.03. The first kappa shape index (κ1) is 19.4. The summed E-state index contributed by atoms with van der Waals surface area (Å²) in [5.41, 5.74) is 5.03. The van der Waals surface area contributed by atoms with Gasteiger partial charge in [0.25, 0.3) is 5.91 Å². The summed E-state index contributed by atoms with van der Waals surface area (Å²) in [7, 11) is 0. The third-order valence-corrected chi connectivity index (χ3v) is 5.26. The highest BCUT2D eigenvalue weighted by molar-refractivity contribution is 6.31. The largest absolute Gasteiger partial charge is 0.322 e. The van der Waals surface area contributed by atoms with E-state index in [0.29, 0.717) is 12.1 Å². The lowest BCUT2D eigenvalue weighted by molar-refractivity contribution is 0.102. The van der Waals surface area contributed by atoms with Crippen LogP contribution in [0.15, 0.2) is 78.1 Å². The minimum Gasteiger partial charge on any atom is -0.322 e. The maximum absolute atomic E-state index is 12.5. The van der Waals surface area contributed by atoms with Crippen molar-refractivity contribution in [3.8, 4) is 0 Å². The highest BCUT2D eigenvalue weighted by Gasteiger charge is 2.20. The molecule has 4 nitrogen and oxygen atoms in total. The fourth-order valence-corrected chi connectivity index (χ4v) is 3.90. The highest BCUT2D eigenvalue weighted by atomic mass is 35.5. The molecule has 1 aliphatic rings. The van der Waals surface area contributed by atoms with Gasteiger partial charge in [0.1, 0.15) is 0 Å². The van der Waals surface area contributed by atoms with Crippen LogP contribution in [-0.2, 0) is 13.0 Å². The topological polar surface area (TPSA) is 45.2 Å². The first-order chi connectivity index (χ1) is 14.2. The van der Waals surface area contributed by atoms with E-state index in [1.54, 1.807) is 24.5 Å². The number of carbonyl (C=O) groups is 1. The zero-order chi connectivity index (χ0) is 20.1. The van der Waals surface area contributed by atoms with E-state index in [2.05, 4.69) is 21.3 Å². The molecule has 0 unspecified atom stereocenters. The van der Waals surface area contributed by atoms with Gasteiger partial charge in [-0.25, -0.2) is 0 Å². The molecule has 0 radical (unpaired) electrons. The smallest absolute Gasteiger partial charge is 0.255 e. The van der Waals surface area contributed by atoms with Crippen molar-refractivity contribution in [2.24, 2.45) is 0 Å². The summed E-state index contributed by atoms with van der Waals surface area (Å²) in [6.07, 6.45) is 6.14. The average molecular weight is 404 g/mol. The standard InChI is InChI=1S/C24H22ClN3O/c25-21(15-18-5-2-1-3-6-18)17-28-14-11-22-20(16-28)7-4-8-23(22)27-24(29)19-9-12-26-13-10-19/h1-10,12-13,15H,11,14,16-17H2,(H,27,29)/b21-15-. The van der Waals surface area contributed by atoms with Crippen molar-refractivity contribution in [1.82, 2.24) is 9.88 Å². The van der Waals surface area contributed by atoms with Crippen LogP contribution in [-0.4, -0.2) is 28.9 Å². The fraction of sp³-hybridized carbons (Fsp3) is 0.167. The highest BCUT2D eigenvalue weighted by Crippen LogP contribution is 2.27. The molecule has 1 N–H and O–H groups in total. The molecular formula is C24H22ClN3O. The molecular weight excluding hydrogens is 382 g/mol. The minimum absolute atomic E-state index is 0.114. The van der Waals surface area contributed by atoms with Gasteiger partial charge in [-0.3, -0.25) is 14.7 Å². The van der Waals surface area contributed by atoms with Gasteiger partial charge >= 0.3 is 0 Å². The molecule has 0 spiro atoms. The molecule has 1 amide bonds. The molecule has 5 heteroatoms. The fourth-order valence-electron chi connectivity index (χ4n) is 3.61. The van der Waals surface area contributed by atoms with E-state index in [4.69, 9.17) is 11.6 Å². The molecule has 0 bridgehead atoms. The summed E-state index contributed by atoms with van der Waals surface area (Å²) in [5, 5.41) is 3.87. The second kappa shape index (κ2) is 9.03. The number of amides is 1. The van der Waals surface area contributed by atoms with Crippen molar-refractivity contribution in [2.45, 2.75) is 13.0 Å². The Bertz CT molecular complexity index is 1020. The molecule has 146 valence electrons. The lowest BCUT2D eigenvalue weighted by atomic mass is 9.97. The van der Waals surface area contributed by atoms with Gasteiger partial charge in [-0.1, -0.05) is 54.1 Å². The van der Waals surface area contributed by atoms with Gasteiger partial charge < -0.3 is 5.32 Å². The maximum atomic E-state index is 12.5. The average Bonchev–Trinajstić information content (AvgIpc) is 2.75. The summed E-state index contributed by atoms with van der Waals surface area (Å²) in [4.78, 5) is 18.8. The van der Waals surface area contributed by atoms with E-state index in [0.717, 1.165) is 35.8 Å². The van der Waals surface area contributed by atoms with E-state index in [-0.39, 0.29) is 5.91 Å². The second-order valence-corrected chi connectivity index (χ2v) is 7.58. The molecule has 0 aliphatic carbocycles. The SMILES string of the molecule is O=C(Nc1cccc2c1CCN(C/C(Cl)=C/c1ccccc1)C2)c1ccncc1. The lowest BCUT2D eigenvalue weighted by Crippen LogP contribution is -2.32. The lowest BCUT2D eigenvalue weighted by Gasteiger charge is -2.30. The number of pyridine rings is 1. The monoisotopic (exact) mass is 403 g/mol. The van der Waals surface area contributed by atoms with E-state index in [1.165, 1.54) is 11.1 Å². The number of aromatic nitrogens is 1. The van der Waals surface area contributed by atoms with E-state index >= 15 is 0 Å². The Morgan fingerprint density at radius 2 is 1.86 bits per heavy atom. The number of rotatable bonds is 5. The third-order valence-electron chi connectivity index (χ3n) is 5.03. The van der Waals surface area contributed by atoms with Crippen molar-refractivity contribution in [1.29, 1.82) is 0 Å². The Morgan fingerprint density at radius 1 is 1.07 bits per heavy atom. The molecule has 4 rings (SSSR count). The van der Waals surface area contributed by atoms with Crippen molar-refractivity contribution in [3.63, 3.8) is 0 Å².